The average molecular weight is 438 g/mol. The van der Waals surface area contributed by atoms with E-state index < -0.39 is 0 Å². The third-order valence-corrected chi connectivity index (χ3v) is 6.45. The Bertz CT molecular complexity index is 846. The van der Waals surface area contributed by atoms with E-state index in [9.17, 15) is 4.79 Å². The van der Waals surface area contributed by atoms with Gasteiger partial charge in [-0.2, -0.15) is 0 Å². The molecular formula is C25H35N5O2. The van der Waals surface area contributed by atoms with Gasteiger partial charge in [-0.05, 0) is 56.0 Å². The van der Waals surface area contributed by atoms with E-state index in [1.165, 1.54) is 5.56 Å². The van der Waals surface area contributed by atoms with Crippen molar-refractivity contribution in [2.75, 3.05) is 57.3 Å². The van der Waals surface area contributed by atoms with Crippen LogP contribution in [0.3, 0.4) is 0 Å². The van der Waals surface area contributed by atoms with Crippen molar-refractivity contribution in [3.63, 3.8) is 0 Å². The van der Waals surface area contributed by atoms with Gasteiger partial charge in [0.1, 0.15) is 5.75 Å². The topological polar surface area (TPSA) is 60.9 Å². The van der Waals surface area contributed by atoms with Crippen molar-refractivity contribution in [1.29, 1.82) is 0 Å². The van der Waals surface area contributed by atoms with Crippen LogP contribution in [-0.4, -0.2) is 79.3 Å². The number of hydrogen-bond acceptors (Lipinski definition) is 5. The number of carbonyl (C=O) groups is 1. The lowest BCUT2D eigenvalue weighted by Crippen LogP contribution is -2.55. The highest BCUT2D eigenvalue weighted by atomic mass is 16.5. The number of likely N-dealkylation sites (tertiary alicyclic amines) is 1. The van der Waals surface area contributed by atoms with E-state index in [1.807, 2.05) is 42.4 Å². The molecular weight excluding hydrogens is 402 g/mol. The van der Waals surface area contributed by atoms with Crippen LogP contribution >= 0.6 is 0 Å². The van der Waals surface area contributed by atoms with Crippen molar-refractivity contribution in [1.82, 2.24) is 20.1 Å². The molecule has 0 bridgehead atoms. The van der Waals surface area contributed by atoms with Crippen molar-refractivity contribution in [3.8, 4) is 5.75 Å². The third-order valence-electron chi connectivity index (χ3n) is 6.45. The lowest BCUT2D eigenvalue weighted by atomic mass is 10.0. The van der Waals surface area contributed by atoms with Gasteiger partial charge in [-0.15, -0.1) is 0 Å². The number of benzene rings is 1. The Hall–Kier alpha value is -2.80. The van der Waals surface area contributed by atoms with Crippen LogP contribution in [0.5, 0.6) is 5.75 Å². The molecule has 2 aliphatic heterocycles. The molecule has 2 saturated heterocycles. The first-order valence-electron chi connectivity index (χ1n) is 11.9. The minimum Gasteiger partial charge on any atom is -0.492 e. The highest BCUT2D eigenvalue weighted by Crippen LogP contribution is 2.28. The second-order valence-electron chi connectivity index (χ2n) is 8.55. The number of pyridine rings is 1. The van der Waals surface area contributed by atoms with Crippen molar-refractivity contribution in [3.05, 3.63) is 54.4 Å². The molecule has 3 heterocycles. The van der Waals surface area contributed by atoms with Gasteiger partial charge in [0.05, 0.1) is 12.3 Å². The van der Waals surface area contributed by atoms with Crippen molar-refractivity contribution >= 4 is 11.7 Å². The number of piperazine rings is 1. The van der Waals surface area contributed by atoms with Gasteiger partial charge in [0.15, 0.2) is 0 Å². The van der Waals surface area contributed by atoms with Gasteiger partial charge in [-0.1, -0.05) is 12.1 Å². The number of carbonyl (C=O) groups excluding carboxylic acids is 1. The van der Waals surface area contributed by atoms with Crippen LogP contribution in [0.15, 0.2) is 48.8 Å². The highest BCUT2D eigenvalue weighted by Gasteiger charge is 2.26. The van der Waals surface area contributed by atoms with Crippen LogP contribution < -0.4 is 15.0 Å². The molecule has 7 nitrogen and oxygen atoms in total. The summed E-state index contributed by atoms with van der Waals surface area (Å²) < 4.78 is 5.77. The smallest absolute Gasteiger partial charge is 0.317 e. The summed E-state index contributed by atoms with van der Waals surface area (Å²) in [6.07, 6.45) is 6.80. The average Bonchev–Trinajstić information content (AvgIpc) is 2.85. The largest absolute Gasteiger partial charge is 0.492 e. The molecule has 1 aromatic heterocycles. The Balaban J connectivity index is 1.18. The van der Waals surface area contributed by atoms with E-state index in [2.05, 4.69) is 38.3 Å². The summed E-state index contributed by atoms with van der Waals surface area (Å²) in [5, 5.41) is 3.28. The third kappa shape index (κ3) is 5.91. The second kappa shape index (κ2) is 11.2. The van der Waals surface area contributed by atoms with Gasteiger partial charge >= 0.3 is 6.03 Å². The van der Waals surface area contributed by atoms with Gasteiger partial charge in [0, 0.05) is 64.2 Å². The first-order chi connectivity index (χ1) is 15.7. The number of piperidine rings is 1. The molecule has 4 rings (SSSR count). The molecule has 32 heavy (non-hydrogen) atoms. The number of aromatic nitrogens is 1. The molecule has 0 atom stereocenters. The van der Waals surface area contributed by atoms with Gasteiger partial charge in [-0.25, -0.2) is 4.79 Å². The van der Waals surface area contributed by atoms with E-state index in [-0.39, 0.29) is 12.1 Å². The van der Waals surface area contributed by atoms with Crippen LogP contribution in [0.2, 0.25) is 0 Å². The fourth-order valence-corrected chi connectivity index (χ4v) is 4.55. The van der Waals surface area contributed by atoms with E-state index in [0.29, 0.717) is 6.61 Å². The van der Waals surface area contributed by atoms with Crippen LogP contribution in [0.25, 0.3) is 0 Å². The van der Waals surface area contributed by atoms with Gasteiger partial charge in [0.2, 0.25) is 0 Å². The molecule has 1 N–H and O–H groups in total. The van der Waals surface area contributed by atoms with E-state index in [1.54, 1.807) is 0 Å². The molecule has 2 aliphatic rings. The molecule has 0 aliphatic carbocycles. The molecule has 0 radical (unpaired) electrons. The summed E-state index contributed by atoms with van der Waals surface area (Å²) >= 11 is 0. The molecule has 0 saturated carbocycles. The predicted octanol–water partition coefficient (Wildman–Crippen LogP) is 3.02. The molecule has 172 valence electrons. The number of ether oxygens (including phenoxy) is 1. The van der Waals surface area contributed by atoms with E-state index in [0.717, 1.165) is 76.5 Å². The Morgan fingerprint density at radius 1 is 1.03 bits per heavy atom. The molecule has 0 spiro atoms. The Labute approximate surface area is 191 Å². The number of nitrogens with zero attached hydrogens (tertiary/aromatic N) is 4. The summed E-state index contributed by atoms with van der Waals surface area (Å²) in [6.45, 7) is 8.92. The van der Waals surface area contributed by atoms with Crippen molar-refractivity contribution in [2.45, 2.75) is 32.2 Å². The van der Waals surface area contributed by atoms with Crippen LogP contribution in [0.1, 0.15) is 25.3 Å². The normalized spacial score (nSPS) is 17.9. The number of rotatable bonds is 7. The molecule has 7 heteroatoms. The van der Waals surface area contributed by atoms with Crippen molar-refractivity contribution < 1.29 is 9.53 Å². The fourth-order valence-electron chi connectivity index (χ4n) is 4.55. The lowest BCUT2D eigenvalue weighted by Gasteiger charge is -2.38. The zero-order valence-electron chi connectivity index (χ0n) is 19.1. The number of para-hydroxylation sites is 2. The second-order valence-corrected chi connectivity index (χ2v) is 8.55. The van der Waals surface area contributed by atoms with Crippen LogP contribution in [0.4, 0.5) is 10.5 Å². The van der Waals surface area contributed by atoms with Crippen LogP contribution in [-0.2, 0) is 6.42 Å². The van der Waals surface area contributed by atoms with Gasteiger partial charge in [0.25, 0.3) is 0 Å². The van der Waals surface area contributed by atoms with Gasteiger partial charge < -0.3 is 24.8 Å². The molecule has 2 aromatic rings. The standard InChI is InChI=1S/C25H35N5O2/c1-2-32-24-6-4-3-5-23(24)29-17-19-30(20-18-29)25(31)27-22-10-15-28(16-11-22)14-9-21-7-12-26-13-8-21/h3-8,12-13,22H,2,9-11,14-20H2,1H3,(H,27,31). The summed E-state index contributed by atoms with van der Waals surface area (Å²) in [6, 6.07) is 12.7. The molecule has 2 amide bonds. The Morgan fingerprint density at radius 3 is 2.47 bits per heavy atom. The Morgan fingerprint density at radius 2 is 1.75 bits per heavy atom. The highest BCUT2D eigenvalue weighted by molar-refractivity contribution is 5.75. The predicted molar refractivity (Wildman–Crippen MR) is 127 cm³/mol. The number of nitrogens with one attached hydrogen (secondary N) is 1. The first kappa shape index (κ1) is 22.4. The fraction of sp³-hybridized carbons (Fsp3) is 0.520. The maximum Gasteiger partial charge on any atom is 0.317 e. The zero-order valence-corrected chi connectivity index (χ0v) is 19.1. The zero-order chi connectivity index (χ0) is 22.2. The number of anilines is 1. The summed E-state index contributed by atoms with van der Waals surface area (Å²) in [5.74, 6) is 0.920. The molecule has 1 aromatic carbocycles. The maximum atomic E-state index is 12.8. The quantitative estimate of drug-likeness (QED) is 0.722. The maximum absolute atomic E-state index is 12.8. The number of amides is 2. The SMILES string of the molecule is CCOc1ccccc1N1CCN(C(=O)NC2CCN(CCc3ccncc3)CC2)CC1. The summed E-state index contributed by atoms with van der Waals surface area (Å²) in [5.41, 5.74) is 2.45. The molecule has 2 fully saturated rings. The summed E-state index contributed by atoms with van der Waals surface area (Å²) in [7, 11) is 0. The first-order valence-corrected chi connectivity index (χ1v) is 11.9. The molecule has 0 unspecified atom stereocenters. The van der Waals surface area contributed by atoms with Gasteiger partial charge in [-0.3, -0.25) is 4.98 Å². The number of urea groups is 1. The minimum absolute atomic E-state index is 0.0815. The minimum atomic E-state index is 0.0815. The van der Waals surface area contributed by atoms with E-state index >= 15 is 0 Å². The lowest BCUT2D eigenvalue weighted by molar-refractivity contribution is 0.170. The number of hydrogen-bond donors (Lipinski definition) is 1. The van der Waals surface area contributed by atoms with Crippen molar-refractivity contribution in [2.24, 2.45) is 0 Å². The van der Waals surface area contributed by atoms with E-state index in [4.69, 9.17) is 4.74 Å². The summed E-state index contributed by atoms with van der Waals surface area (Å²) in [4.78, 5) is 23.7. The monoisotopic (exact) mass is 437 g/mol. The Kier molecular flexibility index (Phi) is 7.82. The van der Waals surface area contributed by atoms with Crippen LogP contribution in [0, 0.1) is 0 Å².